The molecule has 2 aliphatic rings. The van der Waals surface area contributed by atoms with E-state index in [0.29, 0.717) is 31.9 Å². The summed E-state index contributed by atoms with van der Waals surface area (Å²) in [6.45, 7) is -0.449. The van der Waals surface area contributed by atoms with E-state index in [2.05, 4.69) is 26.2 Å². The number of sulfonamides is 1. The number of anilines is 2. The van der Waals surface area contributed by atoms with E-state index in [1.807, 2.05) is 0 Å². The summed E-state index contributed by atoms with van der Waals surface area (Å²) in [5.41, 5.74) is 1.18. The van der Waals surface area contributed by atoms with Gasteiger partial charge in [0.05, 0.1) is 21.5 Å². The van der Waals surface area contributed by atoms with Crippen molar-refractivity contribution >= 4 is 89.7 Å². The van der Waals surface area contributed by atoms with E-state index in [1.165, 1.54) is 24.3 Å². The second-order valence-electron chi connectivity index (χ2n) is 9.83. The zero-order chi connectivity index (χ0) is 31.3. The number of H-pyrrole nitrogens is 1. The summed E-state index contributed by atoms with van der Waals surface area (Å²) in [7, 11) is -3.89. The zero-order valence-electron chi connectivity index (χ0n) is 22.2. The summed E-state index contributed by atoms with van der Waals surface area (Å²) < 4.78 is 29.7. The number of thioether (sulfide) groups is 1. The highest BCUT2D eigenvalue weighted by Gasteiger charge is 2.56. The predicted octanol–water partition coefficient (Wildman–Crippen LogP) is 4.31. The van der Waals surface area contributed by atoms with E-state index in [0.717, 1.165) is 32.5 Å². The van der Waals surface area contributed by atoms with E-state index < -0.39 is 51.4 Å². The highest BCUT2D eigenvalue weighted by molar-refractivity contribution is 9.10. The maximum atomic E-state index is 14.0. The molecule has 0 spiro atoms. The van der Waals surface area contributed by atoms with Gasteiger partial charge in [0.2, 0.25) is 21.8 Å². The Morgan fingerprint density at radius 1 is 1.05 bits per heavy atom. The van der Waals surface area contributed by atoms with Crippen LogP contribution in [-0.4, -0.2) is 43.0 Å². The first-order valence-electron chi connectivity index (χ1n) is 12.8. The number of carbonyl (C=O) groups excluding carboxylic acids is 3. The molecule has 4 aromatic rings. The van der Waals surface area contributed by atoms with Gasteiger partial charge in [-0.15, -0.1) is 0 Å². The summed E-state index contributed by atoms with van der Waals surface area (Å²) >= 11 is 11.9. The van der Waals surface area contributed by atoms with Crippen LogP contribution in [0.5, 0.6) is 5.75 Å². The van der Waals surface area contributed by atoms with E-state index >= 15 is 0 Å². The number of hydrogen-bond donors (Lipinski definition) is 3. The molecule has 0 unspecified atom stereocenters. The summed E-state index contributed by atoms with van der Waals surface area (Å²) in [5.74, 6) is -2.82. The number of nitrogens with one attached hydrogen (secondary N) is 2. The minimum atomic E-state index is -3.89. The van der Waals surface area contributed by atoms with Gasteiger partial charge in [0.15, 0.2) is 6.61 Å². The molecule has 1 fully saturated rings. The summed E-state index contributed by atoms with van der Waals surface area (Å²) in [6.07, 6.45) is 0. The smallest absolute Gasteiger partial charge is 0.305 e. The van der Waals surface area contributed by atoms with Gasteiger partial charge in [-0.1, -0.05) is 50.6 Å². The Balaban J connectivity index is 1.32. The number of ether oxygens (including phenoxy) is 1. The number of halogens is 2. The zero-order valence-corrected chi connectivity index (χ0v) is 26.9. The first-order chi connectivity index (χ1) is 20.9. The van der Waals surface area contributed by atoms with Crippen LogP contribution in [0.3, 0.4) is 0 Å². The fourth-order valence-electron chi connectivity index (χ4n) is 5.16. The molecule has 1 saturated heterocycles. The highest BCUT2D eigenvalue weighted by atomic mass is 79.9. The van der Waals surface area contributed by atoms with Gasteiger partial charge in [0, 0.05) is 31.5 Å². The Morgan fingerprint density at radius 3 is 2.43 bits per heavy atom. The third-order valence-electron chi connectivity index (χ3n) is 7.04. The van der Waals surface area contributed by atoms with Gasteiger partial charge in [0.25, 0.3) is 5.91 Å². The molecule has 4 N–H and O–H groups in total. The standard InChI is InChI=1S/C28H20BrClN4O7S3/c29-13-1-6-16(7-2-13)34-26(36)22-21(23-25(33-28(38)43-23)42-24(22)27(34)37)18-11-14(30)3-10-19(18)41-12-20(35)32-15-4-8-17(9-5-15)44(31,39)40/h1-11,21-22,24H,12H2,(H,32,35)(H,33,38)(H2,31,39,40)/t21-,22-,24+/m0/s1. The minimum absolute atomic E-state index is 0.105. The number of nitrogens with zero attached hydrogens (tertiary/aromatic N) is 1. The number of amides is 3. The summed E-state index contributed by atoms with van der Waals surface area (Å²) in [6, 6.07) is 16.8. The van der Waals surface area contributed by atoms with Gasteiger partial charge in [0.1, 0.15) is 11.0 Å². The van der Waals surface area contributed by atoms with Crippen LogP contribution in [0.2, 0.25) is 5.02 Å². The van der Waals surface area contributed by atoms with E-state index in [-0.39, 0.29) is 15.5 Å². The SMILES string of the molecule is NS(=O)(=O)c1ccc(NC(=O)COc2ccc(Cl)cc2[C@@H]2c3sc(=O)[nH]c3S[C@H]3C(=O)N(c4ccc(Br)cc4)C(=O)[C@@H]23)cc1. The summed E-state index contributed by atoms with van der Waals surface area (Å²) in [5, 5.41) is 7.72. The molecule has 11 nitrogen and oxygen atoms in total. The Labute approximate surface area is 271 Å². The van der Waals surface area contributed by atoms with Crippen LogP contribution in [0.4, 0.5) is 11.4 Å². The van der Waals surface area contributed by atoms with E-state index in [9.17, 15) is 27.6 Å². The second kappa shape index (κ2) is 11.8. The Kier molecular flexibility index (Phi) is 8.19. The Hall–Kier alpha value is -3.47. The molecule has 3 aromatic carbocycles. The van der Waals surface area contributed by atoms with Crippen LogP contribution in [0.15, 0.2) is 85.9 Å². The fourth-order valence-corrected chi connectivity index (χ4v) is 8.63. The molecule has 6 rings (SSSR count). The normalized spacial score (nSPS) is 19.4. The van der Waals surface area contributed by atoms with Crippen molar-refractivity contribution in [2.75, 3.05) is 16.8 Å². The number of primary sulfonamides is 1. The topological polar surface area (TPSA) is 169 Å². The Bertz CT molecular complexity index is 1980. The molecule has 226 valence electrons. The average Bonchev–Trinajstić information content (AvgIpc) is 3.46. The number of rotatable bonds is 7. The maximum absolute atomic E-state index is 14.0. The monoisotopic (exact) mass is 734 g/mol. The molecule has 2 aliphatic heterocycles. The van der Waals surface area contributed by atoms with Crippen LogP contribution in [0.1, 0.15) is 16.4 Å². The number of carbonyl (C=O) groups is 3. The predicted molar refractivity (Wildman–Crippen MR) is 170 cm³/mol. The lowest BCUT2D eigenvalue weighted by Crippen LogP contribution is -2.32. The average molecular weight is 736 g/mol. The molecule has 0 bridgehead atoms. The molecule has 16 heteroatoms. The quantitative estimate of drug-likeness (QED) is 0.236. The van der Waals surface area contributed by atoms with Gasteiger partial charge in [-0.05, 0) is 66.7 Å². The number of thiazole rings is 1. The third-order valence-corrected chi connectivity index (χ3v) is 11.1. The second-order valence-corrected chi connectivity index (χ2v) is 14.9. The lowest BCUT2D eigenvalue weighted by Gasteiger charge is -2.31. The number of hydrogen-bond acceptors (Lipinski definition) is 9. The van der Waals surface area contributed by atoms with Gasteiger partial charge in [-0.2, -0.15) is 0 Å². The molecule has 0 aliphatic carbocycles. The minimum Gasteiger partial charge on any atom is -0.483 e. The van der Waals surface area contributed by atoms with Gasteiger partial charge in [-0.3, -0.25) is 19.2 Å². The van der Waals surface area contributed by atoms with Crippen LogP contribution in [-0.2, 0) is 24.4 Å². The number of nitrogens with two attached hydrogens (primary N) is 1. The van der Waals surface area contributed by atoms with Crippen LogP contribution in [0.25, 0.3) is 0 Å². The Morgan fingerprint density at radius 2 is 1.75 bits per heavy atom. The van der Waals surface area contributed by atoms with Crippen molar-refractivity contribution in [3.05, 3.63) is 96.3 Å². The lowest BCUT2D eigenvalue weighted by molar-refractivity contribution is -0.122. The molecular formula is C28H20BrClN4O7S3. The molecule has 44 heavy (non-hydrogen) atoms. The molecular weight excluding hydrogens is 716 g/mol. The molecule has 0 radical (unpaired) electrons. The van der Waals surface area contributed by atoms with Crippen LogP contribution < -0.4 is 25.0 Å². The number of aromatic nitrogens is 1. The van der Waals surface area contributed by atoms with Crippen molar-refractivity contribution in [2.45, 2.75) is 21.1 Å². The third kappa shape index (κ3) is 5.82. The largest absolute Gasteiger partial charge is 0.483 e. The van der Waals surface area contributed by atoms with Crippen molar-refractivity contribution in [3.63, 3.8) is 0 Å². The number of imide groups is 1. The van der Waals surface area contributed by atoms with E-state index in [4.69, 9.17) is 21.5 Å². The lowest BCUT2D eigenvalue weighted by atomic mass is 9.82. The van der Waals surface area contributed by atoms with Crippen molar-refractivity contribution in [3.8, 4) is 5.75 Å². The number of aromatic amines is 1. The van der Waals surface area contributed by atoms with Crippen LogP contribution >= 0.6 is 50.6 Å². The van der Waals surface area contributed by atoms with Gasteiger partial charge >= 0.3 is 4.87 Å². The summed E-state index contributed by atoms with van der Waals surface area (Å²) in [4.78, 5) is 57.0. The fraction of sp³-hybridized carbons (Fsp3) is 0.143. The van der Waals surface area contributed by atoms with E-state index in [1.54, 1.807) is 42.5 Å². The maximum Gasteiger partial charge on any atom is 0.305 e. The molecule has 1 aromatic heterocycles. The first kappa shape index (κ1) is 30.6. The van der Waals surface area contributed by atoms with Crippen molar-refractivity contribution in [1.82, 2.24) is 4.98 Å². The van der Waals surface area contributed by atoms with Crippen LogP contribution in [0, 0.1) is 5.92 Å². The van der Waals surface area contributed by atoms with Gasteiger partial charge in [-0.25, -0.2) is 18.5 Å². The van der Waals surface area contributed by atoms with Gasteiger partial charge < -0.3 is 15.0 Å². The highest BCUT2D eigenvalue weighted by Crippen LogP contribution is 2.54. The van der Waals surface area contributed by atoms with Crippen molar-refractivity contribution in [2.24, 2.45) is 11.1 Å². The molecule has 3 atom stereocenters. The molecule has 3 heterocycles. The number of benzene rings is 3. The molecule has 0 saturated carbocycles. The molecule has 3 amide bonds. The number of fused-ring (bicyclic) bond motifs is 2. The van der Waals surface area contributed by atoms with Crippen molar-refractivity contribution < 1.29 is 27.5 Å². The first-order valence-corrected chi connectivity index (χ1v) is 17.2. The van der Waals surface area contributed by atoms with Crippen molar-refractivity contribution in [1.29, 1.82) is 0 Å².